The number of hydrogen-bond acceptors (Lipinski definition) is 4. The molecule has 3 aliphatic rings. The van der Waals surface area contributed by atoms with Crippen molar-refractivity contribution in [2.24, 2.45) is 17.6 Å². The number of nitrogens with zero attached hydrogens (tertiary/aromatic N) is 1. The van der Waals surface area contributed by atoms with E-state index in [0.29, 0.717) is 31.2 Å². The molecule has 0 aromatic carbocycles. The van der Waals surface area contributed by atoms with Gasteiger partial charge in [-0.15, -0.1) is 0 Å². The molecule has 1 aliphatic heterocycles. The van der Waals surface area contributed by atoms with Crippen LogP contribution in [0.3, 0.4) is 0 Å². The number of nitrogens with one attached hydrogen (secondary N) is 2. The quantitative estimate of drug-likeness (QED) is 0.624. The van der Waals surface area contributed by atoms with Crippen molar-refractivity contribution in [3.8, 4) is 0 Å². The van der Waals surface area contributed by atoms with E-state index >= 15 is 0 Å². The molecule has 7 heteroatoms. The van der Waals surface area contributed by atoms with Gasteiger partial charge >= 0.3 is 6.03 Å². The van der Waals surface area contributed by atoms with Gasteiger partial charge in [-0.25, -0.2) is 4.79 Å². The Labute approximate surface area is 149 Å². The summed E-state index contributed by atoms with van der Waals surface area (Å²) in [4.78, 5) is 38.7. The van der Waals surface area contributed by atoms with E-state index < -0.39 is 17.1 Å². The smallest absolute Gasteiger partial charge is 0.325 e. The summed E-state index contributed by atoms with van der Waals surface area (Å²) in [6.45, 7) is 4.21. The first kappa shape index (κ1) is 18.2. The van der Waals surface area contributed by atoms with Crippen LogP contribution in [0.5, 0.6) is 0 Å². The second-order valence-electron chi connectivity index (χ2n) is 8.20. The fourth-order valence-electron chi connectivity index (χ4n) is 4.28. The highest BCUT2D eigenvalue weighted by Crippen LogP contribution is 2.39. The van der Waals surface area contributed by atoms with Gasteiger partial charge in [0.2, 0.25) is 5.91 Å². The fourth-order valence-corrected chi connectivity index (χ4v) is 4.28. The van der Waals surface area contributed by atoms with Crippen LogP contribution < -0.4 is 16.4 Å². The Hall–Kier alpha value is -1.63. The van der Waals surface area contributed by atoms with E-state index in [1.165, 1.54) is 0 Å². The number of amides is 4. The highest BCUT2D eigenvalue weighted by molar-refractivity contribution is 6.09. The summed E-state index contributed by atoms with van der Waals surface area (Å²) in [6.07, 6.45) is 6.42. The number of hydrogen-bond donors (Lipinski definition) is 3. The predicted molar refractivity (Wildman–Crippen MR) is 93.6 cm³/mol. The van der Waals surface area contributed by atoms with Crippen molar-refractivity contribution in [1.82, 2.24) is 15.5 Å². The molecule has 1 atom stereocenters. The predicted octanol–water partition coefficient (Wildman–Crippen LogP) is 1.12. The van der Waals surface area contributed by atoms with Gasteiger partial charge in [0.15, 0.2) is 0 Å². The Balaban J connectivity index is 1.62. The monoisotopic (exact) mass is 350 g/mol. The molecule has 1 heterocycles. The van der Waals surface area contributed by atoms with Crippen LogP contribution in [-0.2, 0) is 9.59 Å². The molecular weight excluding hydrogens is 320 g/mol. The van der Waals surface area contributed by atoms with Crippen molar-refractivity contribution < 1.29 is 14.4 Å². The highest BCUT2D eigenvalue weighted by Gasteiger charge is 2.53. The average molecular weight is 350 g/mol. The molecule has 4 amide bonds. The zero-order valence-corrected chi connectivity index (χ0v) is 15.3. The Kier molecular flexibility index (Phi) is 4.79. The van der Waals surface area contributed by atoms with Crippen LogP contribution in [0, 0.1) is 11.8 Å². The van der Waals surface area contributed by atoms with Gasteiger partial charge in [0.25, 0.3) is 5.91 Å². The van der Waals surface area contributed by atoms with Crippen LogP contribution in [0.1, 0.15) is 58.8 Å². The van der Waals surface area contributed by atoms with E-state index in [4.69, 9.17) is 5.73 Å². The number of rotatable bonds is 6. The van der Waals surface area contributed by atoms with Gasteiger partial charge in [-0.2, -0.15) is 0 Å². The first-order valence-corrected chi connectivity index (χ1v) is 9.49. The van der Waals surface area contributed by atoms with Gasteiger partial charge < -0.3 is 16.4 Å². The van der Waals surface area contributed by atoms with Crippen LogP contribution in [-0.4, -0.2) is 46.9 Å². The third kappa shape index (κ3) is 3.38. The molecule has 2 saturated carbocycles. The lowest BCUT2D eigenvalue weighted by molar-refractivity contribution is -0.136. The normalized spacial score (nSPS) is 31.8. The van der Waals surface area contributed by atoms with Crippen molar-refractivity contribution >= 4 is 17.8 Å². The summed E-state index contributed by atoms with van der Waals surface area (Å²) in [5.74, 6) is 0.447. The lowest BCUT2D eigenvalue weighted by atomic mass is 9.75. The van der Waals surface area contributed by atoms with Gasteiger partial charge in [0.1, 0.15) is 12.1 Å². The summed E-state index contributed by atoms with van der Waals surface area (Å²) >= 11 is 0. The second-order valence-corrected chi connectivity index (χ2v) is 8.20. The molecule has 7 nitrogen and oxygen atoms in total. The topological polar surface area (TPSA) is 105 Å². The summed E-state index contributed by atoms with van der Waals surface area (Å²) < 4.78 is 0. The first-order valence-electron chi connectivity index (χ1n) is 9.49. The average Bonchev–Trinajstić information content (AvgIpc) is 3.42. The lowest BCUT2D eigenvalue weighted by Crippen LogP contribution is -2.56. The van der Waals surface area contributed by atoms with E-state index in [2.05, 4.69) is 17.6 Å². The minimum Gasteiger partial charge on any atom is -0.348 e. The maximum absolute atomic E-state index is 12.8. The molecule has 25 heavy (non-hydrogen) atoms. The second kappa shape index (κ2) is 6.59. The minimum absolute atomic E-state index is 0.230. The number of carbonyl (C=O) groups is 3. The van der Waals surface area contributed by atoms with E-state index in [1.807, 2.05) is 6.92 Å². The maximum Gasteiger partial charge on any atom is 0.325 e. The first-order chi connectivity index (χ1) is 11.8. The number of nitrogens with two attached hydrogens (primary N) is 1. The Bertz CT molecular complexity index is 567. The summed E-state index contributed by atoms with van der Waals surface area (Å²) in [5.41, 5.74) is 4.58. The van der Waals surface area contributed by atoms with Gasteiger partial charge in [0.05, 0.1) is 5.54 Å². The molecule has 3 fully saturated rings. The number of imide groups is 1. The van der Waals surface area contributed by atoms with E-state index in [-0.39, 0.29) is 18.4 Å². The van der Waals surface area contributed by atoms with Gasteiger partial charge in [-0.05, 0) is 57.3 Å². The number of carbonyl (C=O) groups excluding carboxylic acids is 3. The van der Waals surface area contributed by atoms with Crippen molar-refractivity contribution in [2.45, 2.75) is 69.9 Å². The van der Waals surface area contributed by atoms with Crippen LogP contribution in [0.4, 0.5) is 4.79 Å². The van der Waals surface area contributed by atoms with E-state index in [0.717, 1.165) is 37.0 Å². The zero-order chi connectivity index (χ0) is 18.2. The third-order valence-corrected chi connectivity index (χ3v) is 6.41. The van der Waals surface area contributed by atoms with Gasteiger partial charge in [-0.1, -0.05) is 13.3 Å². The van der Waals surface area contributed by atoms with Crippen molar-refractivity contribution in [1.29, 1.82) is 0 Å². The van der Waals surface area contributed by atoms with Crippen molar-refractivity contribution in [3.05, 3.63) is 0 Å². The highest BCUT2D eigenvalue weighted by atomic mass is 16.2. The lowest BCUT2D eigenvalue weighted by Gasteiger charge is -2.34. The Morgan fingerprint density at radius 3 is 2.48 bits per heavy atom. The van der Waals surface area contributed by atoms with Crippen LogP contribution in [0.15, 0.2) is 0 Å². The molecule has 0 aromatic heterocycles. The van der Waals surface area contributed by atoms with Gasteiger partial charge in [-0.3, -0.25) is 14.5 Å². The molecule has 4 N–H and O–H groups in total. The summed E-state index contributed by atoms with van der Waals surface area (Å²) in [5, 5.41) is 5.81. The molecule has 1 unspecified atom stereocenters. The Morgan fingerprint density at radius 2 is 1.96 bits per heavy atom. The molecule has 2 aliphatic carbocycles. The van der Waals surface area contributed by atoms with E-state index in [9.17, 15) is 14.4 Å². The molecule has 3 rings (SSSR count). The maximum atomic E-state index is 12.8. The molecule has 0 aromatic rings. The molecule has 0 radical (unpaired) electrons. The minimum atomic E-state index is -0.795. The third-order valence-electron chi connectivity index (χ3n) is 6.41. The molecular formula is C18H30N4O3. The van der Waals surface area contributed by atoms with E-state index in [1.54, 1.807) is 0 Å². The standard InChI is InChI=1S/C18H30N4O3/c1-3-12-6-8-18(9-7-12)15(24)22(16(25)21-18)10-14(23)20-17(2,11-19)13-4-5-13/h12-13H,3-11,19H2,1-2H3,(H,20,23)(H,21,25). The molecule has 1 saturated heterocycles. The van der Waals surface area contributed by atoms with Crippen molar-refractivity contribution in [2.75, 3.05) is 13.1 Å². The van der Waals surface area contributed by atoms with Crippen LogP contribution in [0.25, 0.3) is 0 Å². The summed E-state index contributed by atoms with van der Waals surface area (Å²) in [6, 6.07) is -0.448. The number of urea groups is 1. The zero-order valence-electron chi connectivity index (χ0n) is 15.3. The fraction of sp³-hybridized carbons (Fsp3) is 0.833. The van der Waals surface area contributed by atoms with Crippen molar-refractivity contribution in [3.63, 3.8) is 0 Å². The van der Waals surface area contributed by atoms with Crippen LogP contribution >= 0.6 is 0 Å². The molecule has 1 spiro atoms. The Morgan fingerprint density at radius 1 is 1.32 bits per heavy atom. The molecule has 140 valence electrons. The summed E-state index contributed by atoms with van der Waals surface area (Å²) in [7, 11) is 0. The van der Waals surface area contributed by atoms with Crippen LogP contribution in [0.2, 0.25) is 0 Å². The SMILES string of the molecule is CCC1CCC2(CC1)NC(=O)N(CC(=O)NC(C)(CN)C1CC1)C2=O. The largest absolute Gasteiger partial charge is 0.348 e. The molecule has 0 bridgehead atoms. The van der Waals surface area contributed by atoms with Gasteiger partial charge in [0, 0.05) is 6.54 Å².